The zero-order chi connectivity index (χ0) is 19.3. The van der Waals surface area contributed by atoms with Gasteiger partial charge in [0, 0.05) is 13.1 Å². The van der Waals surface area contributed by atoms with Crippen molar-refractivity contribution >= 4 is 10.0 Å². The summed E-state index contributed by atoms with van der Waals surface area (Å²) in [7, 11) is -3.59. The summed E-state index contributed by atoms with van der Waals surface area (Å²) in [6.07, 6.45) is 1.53. The lowest BCUT2D eigenvalue weighted by molar-refractivity contribution is 0.409. The average Bonchev–Trinajstić information content (AvgIpc) is 2.89. The monoisotopic (exact) mass is 374 g/mol. The number of rotatable bonds is 8. The lowest BCUT2D eigenvalue weighted by atomic mass is 10.1. The molecule has 0 bridgehead atoms. The lowest BCUT2D eigenvalue weighted by Crippen LogP contribution is -2.33. The standard InChI is InChI=1S/C19H26N4O2S/c1-5-11-22(12-6-2)26(24,25)19-15(3)21-23(16(19)4)14-18-10-8-7-9-17(18)13-20/h7-10H,5-6,11-12,14H2,1-4H3. The predicted octanol–water partition coefficient (Wildman–Crippen LogP) is 3.23. The summed E-state index contributed by atoms with van der Waals surface area (Å²) in [5, 5.41) is 13.7. The van der Waals surface area contributed by atoms with E-state index in [0.29, 0.717) is 36.6 Å². The summed E-state index contributed by atoms with van der Waals surface area (Å²) in [6, 6.07) is 9.47. The molecule has 0 radical (unpaired) electrons. The first kappa shape index (κ1) is 20.1. The molecule has 0 atom stereocenters. The normalized spacial score (nSPS) is 11.7. The molecular formula is C19H26N4O2S. The lowest BCUT2D eigenvalue weighted by Gasteiger charge is -2.21. The highest BCUT2D eigenvalue weighted by molar-refractivity contribution is 7.89. The summed E-state index contributed by atoms with van der Waals surface area (Å²) >= 11 is 0. The molecule has 1 aromatic carbocycles. The van der Waals surface area contributed by atoms with E-state index in [1.54, 1.807) is 24.6 Å². The second-order valence-electron chi connectivity index (χ2n) is 6.33. The van der Waals surface area contributed by atoms with E-state index in [9.17, 15) is 13.7 Å². The minimum absolute atomic E-state index is 0.286. The number of aryl methyl sites for hydroxylation is 1. The van der Waals surface area contributed by atoms with Crippen LogP contribution in [0.5, 0.6) is 0 Å². The zero-order valence-corrected chi connectivity index (χ0v) is 16.7. The summed E-state index contributed by atoms with van der Waals surface area (Å²) in [4.78, 5) is 0.286. The van der Waals surface area contributed by atoms with E-state index in [0.717, 1.165) is 18.4 Å². The Kier molecular flexibility index (Phi) is 6.57. The first-order valence-corrected chi connectivity index (χ1v) is 10.3. The Bertz CT molecular complexity index is 904. The van der Waals surface area contributed by atoms with Crippen LogP contribution in [-0.4, -0.2) is 35.6 Å². The molecule has 6 nitrogen and oxygen atoms in total. The predicted molar refractivity (Wildman–Crippen MR) is 101 cm³/mol. The molecule has 2 rings (SSSR count). The van der Waals surface area contributed by atoms with E-state index in [1.807, 2.05) is 32.0 Å². The minimum atomic E-state index is -3.59. The number of benzene rings is 1. The fourth-order valence-electron chi connectivity index (χ4n) is 3.12. The van der Waals surface area contributed by atoms with E-state index in [1.165, 1.54) is 4.31 Å². The molecule has 0 N–H and O–H groups in total. The molecular weight excluding hydrogens is 348 g/mol. The highest BCUT2D eigenvalue weighted by Gasteiger charge is 2.30. The molecule has 0 spiro atoms. The molecule has 1 heterocycles. The molecule has 0 aliphatic carbocycles. The maximum Gasteiger partial charge on any atom is 0.246 e. The number of hydrogen-bond acceptors (Lipinski definition) is 4. The van der Waals surface area contributed by atoms with E-state index in [4.69, 9.17) is 0 Å². The molecule has 0 aliphatic heterocycles. The van der Waals surface area contributed by atoms with Gasteiger partial charge in [-0.25, -0.2) is 8.42 Å². The van der Waals surface area contributed by atoms with Crippen molar-refractivity contribution < 1.29 is 8.42 Å². The van der Waals surface area contributed by atoms with Gasteiger partial charge in [-0.3, -0.25) is 4.68 Å². The van der Waals surface area contributed by atoms with E-state index < -0.39 is 10.0 Å². The summed E-state index contributed by atoms with van der Waals surface area (Å²) in [5.74, 6) is 0. The van der Waals surface area contributed by atoms with E-state index in [-0.39, 0.29) is 4.90 Å². The topological polar surface area (TPSA) is 79.0 Å². The molecule has 0 saturated heterocycles. The number of hydrogen-bond donors (Lipinski definition) is 0. The van der Waals surface area contributed by atoms with Gasteiger partial charge >= 0.3 is 0 Å². The highest BCUT2D eigenvalue weighted by atomic mass is 32.2. The van der Waals surface area contributed by atoms with Gasteiger partial charge in [-0.2, -0.15) is 14.7 Å². The molecule has 2 aromatic rings. The van der Waals surface area contributed by atoms with Crippen molar-refractivity contribution in [2.75, 3.05) is 13.1 Å². The van der Waals surface area contributed by atoms with Crippen LogP contribution >= 0.6 is 0 Å². The van der Waals surface area contributed by atoms with Crippen LogP contribution in [0.4, 0.5) is 0 Å². The second-order valence-corrected chi connectivity index (χ2v) is 8.21. The molecule has 7 heteroatoms. The van der Waals surface area contributed by atoms with Crippen LogP contribution in [0, 0.1) is 25.2 Å². The van der Waals surface area contributed by atoms with Crippen LogP contribution in [0.2, 0.25) is 0 Å². The Morgan fingerprint density at radius 3 is 2.35 bits per heavy atom. The average molecular weight is 375 g/mol. The third-order valence-corrected chi connectivity index (χ3v) is 6.47. The van der Waals surface area contributed by atoms with Crippen LogP contribution in [0.25, 0.3) is 0 Å². The van der Waals surface area contributed by atoms with Crippen LogP contribution in [0.3, 0.4) is 0 Å². The summed E-state index contributed by atoms with van der Waals surface area (Å²) in [6.45, 7) is 8.81. The van der Waals surface area contributed by atoms with Gasteiger partial charge in [-0.15, -0.1) is 0 Å². The summed E-state index contributed by atoms with van der Waals surface area (Å²) < 4.78 is 29.5. The first-order chi connectivity index (χ1) is 12.4. The Labute approximate surface area is 156 Å². The molecule has 0 aliphatic rings. The van der Waals surface area contributed by atoms with Gasteiger partial charge in [0.15, 0.2) is 0 Å². The molecule has 0 saturated carbocycles. The smallest absolute Gasteiger partial charge is 0.246 e. The van der Waals surface area contributed by atoms with Crippen LogP contribution < -0.4 is 0 Å². The largest absolute Gasteiger partial charge is 0.264 e. The minimum Gasteiger partial charge on any atom is -0.264 e. The summed E-state index contributed by atoms with van der Waals surface area (Å²) in [5.41, 5.74) is 2.49. The van der Waals surface area contributed by atoms with Gasteiger partial charge < -0.3 is 0 Å². The second kappa shape index (κ2) is 8.47. The molecule has 1 aromatic heterocycles. The fourth-order valence-corrected chi connectivity index (χ4v) is 5.11. The molecule has 0 unspecified atom stereocenters. The van der Waals surface area contributed by atoms with Gasteiger partial charge in [0.05, 0.1) is 29.6 Å². The van der Waals surface area contributed by atoms with Gasteiger partial charge in [0.2, 0.25) is 10.0 Å². The van der Waals surface area contributed by atoms with Crippen molar-refractivity contribution in [2.45, 2.75) is 52.0 Å². The molecule has 140 valence electrons. The van der Waals surface area contributed by atoms with E-state index in [2.05, 4.69) is 11.2 Å². The third-order valence-electron chi connectivity index (χ3n) is 4.32. The number of nitrogens with zero attached hydrogens (tertiary/aromatic N) is 4. The van der Waals surface area contributed by atoms with Gasteiger partial charge in [-0.1, -0.05) is 32.0 Å². The van der Waals surface area contributed by atoms with Gasteiger partial charge in [0.1, 0.15) is 4.90 Å². The number of nitriles is 1. The number of aromatic nitrogens is 2. The van der Waals surface area contributed by atoms with Gasteiger partial charge in [0.25, 0.3) is 0 Å². The van der Waals surface area contributed by atoms with Crippen LogP contribution in [0.1, 0.15) is 49.2 Å². The maximum absolute atomic E-state index is 13.2. The Morgan fingerprint density at radius 2 is 1.77 bits per heavy atom. The van der Waals surface area contributed by atoms with Crippen molar-refractivity contribution in [3.8, 4) is 6.07 Å². The van der Waals surface area contributed by atoms with Crippen molar-refractivity contribution in [3.63, 3.8) is 0 Å². The zero-order valence-electron chi connectivity index (χ0n) is 15.9. The Morgan fingerprint density at radius 1 is 1.15 bits per heavy atom. The number of sulfonamides is 1. The van der Waals surface area contributed by atoms with Crippen molar-refractivity contribution in [3.05, 3.63) is 46.8 Å². The SMILES string of the molecule is CCCN(CCC)S(=O)(=O)c1c(C)nn(Cc2ccccc2C#N)c1C. The molecule has 0 fully saturated rings. The Balaban J connectivity index is 2.46. The van der Waals surface area contributed by atoms with Crippen LogP contribution in [-0.2, 0) is 16.6 Å². The molecule has 0 amide bonds. The van der Waals surface area contributed by atoms with Gasteiger partial charge in [-0.05, 0) is 38.3 Å². The highest BCUT2D eigenvalue weighted by Crippen LogP contribution is 2.25. The van der Waals surface area contributed by atoms with Crippen LogP contribution in [0.15, 0.2) is 29.2 Å². The maximum atomic E-state index is 13.2. The Hall–Kier alpha value is -2.17. The fraction of sp³-hybridized carbons (Fsp3) is 0.474. The van der Waals surface area contributed by atoms with Crippen molar-refractivity contribution in [1.29, 1.82) is 5.26 Å². The van der Waals surface area contributed by atoms with E-state index >= 15 is 0 Å². The van der Waals surface area contributed by atoms with Crippen molar-refractivity contribution in [1.82, 2.24) is 14.1 Å². The third kappa shape index (κ3) is 3.97. The van der Waals surface area contributed by atoms with Crippen molar-refractivity contribution in [2.24, 2.45) is 0 Å². The first-order valence-electron chi connectivity index (χ1n) is 8.88. The molecule has 26 heavy (non-hydrogen) atoms. The quantitative estimate of drug-likeness (QED) is 0.710.